The second kappa shape index (κ2) is 6.44. The maximum atomic E-state index is 12.2. The van der Waals surface area contributed by atoms with Gasteiger partial charge in [0.1, 0.15) is 17.7 Å². The van der Waals surface area contributed by atoms with E-state index >= 15 is 0 Å². The molecule has 0 aromatic rings. The first kappa shape index (κ1) is 17.1. The molecule has 2 rings (SSSR count). The van der Waals surface area contributed by atoms with Crippen LogP contribution in [-0.2, 0) is 14.3 Å². The molecule has 0 aromatic carbocycles. The molecule has 2 aliphatic heterocycles. The predicted molar refractivity (Wildman–Crippen MR) is 82.6 cm³/mol. The van der Waals surface area contributed by atoms with Gasteiger partial charge in [-0.2, -0.15) is 0 Å². The fraction of sp³-hybridized carbons (Fsp3) is 0.875. The van der Waals surface area contributed by atoms with Gasteiger partial charge in [0.05, 0.1) is 0 Å². The van der Waals surface area contributed by atoms with Crippen LogP contribution in [0.2, 0.25) is 0 Å². The molecule has 0 saturated carbocycles. The molecule has 0 spiro atoms. The van der Waals surface area contributed by atoms with Crippen LogP contribution in [0, 0.1) is 0 Å². The van der Waals surface area contributed by atoms with Crippen molar-refractivity contribution >= 4 is 12.1 Å². The number of amides is 1. The maximum absolute atomic E-state index is 12.2. The van der Waals surface area contributed by atoms with Crippen LogP contribution in [0.15, 0.2) is 0 Å². The number of likely N-dealkylation sites (N-methyl/N-ethyl adjacent to an activating group) is 1. The van der Waals surface area contributed by atoms with Crippen molar-refractivity contribution in [2.24, 2.45) is 0 Å². The molecule has 0 bridgehead atoms. The monoisotopic (exact) mass is 312 g/mol. The number of rotatable bonds is 2. The quantitative estimate of drug-likeness (QED) is 0.730. The molecule has 0 radical (unpaired) electrons. The van der Waals surface area contributed by atoms with Gasteiger partial charge in [0.2, 0.25) is 0 Å². The lowest BCUT2D eigenvalue weighted by Crippen LogP contribution is -2.53. The molecule has 2 heterocycles. The first-order valence-electron chi connectivity index (χ1n) is 8.08. The van der Waals surface area contributed by atoms with Crippen LogP contribution < -0.4 is 0 Å². The van der Waals surface area contributed by atoms with Crippen molar-refractivity contribution in [3.63, 3.8) is 0 Å². The van der Waals surface area contributed by atoms with E-state index in [0.29, 0.717) is 6.54 Å². The summed E-state index contributed by atoms with van der Waals surface area (Å²) in [5.41, 5.74) is -0.496. The number of carbonyl (C=O) groups excluding carboxylic acids is 2. The zero-order chi connectivity index (χ0) is 16.5. The second-order valence-electron chi connectivity index (χ2n) is 7.38. The average Bonchev–Trinajstić information content (AvgIpc) is 2.75. The van der Waals surface area contributed by atoms with E-state index in [9.17, 15) is 9.59 Å². The van der Waals surface area contributed by atoms with Gasteiger partial charge in [-0.3, -0.25) is 9.69 Å². The summed E-state index contributed by atoms with van der Waals surface area (Å²) in [6, 6.07) is -0.0860. The van der Waals surface area contributed by atoms with Crippen LogP contribution in [0.1, 0.15) is 47.0 Å². The van der Waals surface area contributed by atoms with E-state index in [2.05, 4.69) is 4.90 Å². The Labute approximate surface area is 132 Å². The topological polar surface area (TPSA) is 59.1 Å². The van der Waals surface area contributed by atoms with Gasteiger partial charge >= 0.3 is 12.1 Å². The van der Waals surface area contributed by atoms with Crippen LogP contribution in [0.3, 0.4) is 0 Å². The van der Waals surface area contributed by atoms with E-state index in [-0.39, 0.29) is 30.3 Å². The fourth-order valence-electron chi connectivity index (χ4n) is 3.10. The molecular weight excluding hydrogens is 284 g/mol. The SMILES string of the molecule is C[C@H]1C[C@@H](N2CCC[C@H](N(C)C(=O)OC(C)(C)C)C2)C(=O)O1. The third-order valence-corrected chi connectivity index (χ3v) is 4.24. The standard InChI is InChI=1S/C16H28N2O4/c1-11-9-13(14(19)21-11)18-8-6-7-12(10-18)17(5)15(20)22-16(2,3)4/h11-13H,6-10H2,1-5H3/t11-,12-,13+/m0/s1. The highest BCUT2D eigenvalue weighted by molar-refractivity contribution is 5.78. The van der Waals surface area contributed by atoms with Crippen molar-refractivity contribution in [2.75, 3.05) is 20.1 Å². The van der Waals surface area contributed by atoms with Crippen LogP contribution in [0.5, 0.6) is 0 Å². The summed E-state index contributed by atoms with van der Waals surface area (Å²) in [4.78, 5) is 27.9. The number of ether oxygens (including phenoxy) is 2. The summed E-state index contributed by atoms with van der Waals surface area (Å²) in [6.07, 6.45) is 2.32. The minimum absolute atomic E-state index is 0.0125. The average molecular weight is 312 g/mol. The Morgan fingerprint density at radius 2 is 2.09 bits per heavy atom. The lowest BCUT2D eigenvalue weighted by molar-refractivity contribution is -0.145. The molecule has 0 N–H and O–H groups in total. The Morgan fingerprint density at radius 1 is 1.41 bits per heavy atom. The predicted octanol–water partition coefficient (Wildman–Crippen LogP) is 2.02. The van der Waals surface area contributed by atoms with Gasteiger partial charge in [0.15, 0.2) is 0 Å². The van der Waals surface area contributed by atoms with E-state index in [1.54, 1.807) is 11.9 Å². The highest BCUT2D eigenvalue weighted by Crippen LogP contribution is 2.25. The normalized spacial score (nSPS) is 30.0. The van der Waals surface area contributed by atoms with E-state index in [1.807, 2.05) is 27.7 Å². The van der Waals surface area contributed by atoms with E-state index < -0.39 is 5.60 Å². The van der Waals surface area contributed by atoms with Crippen molar-refractivity contribution in [3.05, 3.63) is 0 Å². The van der Waals surface area contributed by atoms with Crippen LogP contribution in [-0.4, -0.2) is 65.8 Å². The van der Waals surface area contributed by atoms with Gasteiger partial charge in [0.25, 0.3) is 0 Å². The number of hydrogen-bond donors (Lipinski definition) is 0. The molecule has 2 saturated heterocycles. The smallest absolute Gasteiger partial charge is 0.410 e. The zero-order valence-electron chi connectivity index (χ0n) is 14.3. The van der Waals surface area contributed by atoms with Gasteiger partial charge in [-0.05, 0) is 47.1 Å². The number of hydrogen-bond acceptors (Lipinski definition) is 5. The minimum atomic E-state index is -0.496. The van der Waals surface area contributed by atoms with E-state index in [0.717, 1.165) is 25.8 Å². The Hall–Kier alpha value is -1.30. The molecule has 2 fully saturated rings. The molecule has 126 valence electrons. The maximum Gasteiger partial charge on any atom is 0.410 e. The lowest BCUT2D eigenvalue weighted by atomic mass is 10.0. The van der Waals surface area contributed by atoms with Crippen molar-refractivity contribution < 1.29 is 19.1 Å². The van der Waals surface area contributed by atoms with Crippen molar-refractivity contribution in [2.45, 2.75) is 70.7 Å². The molecule has 2 aliphatic rings. The van der Waals surface area contributed by atoms with E-state index in [4.69, 9.17) is 9.47 Å². The summed E-state index contributed by atoms with van der Waals surface area (Å²) >= 11 is 0. The van der Waals surface area contributed by atoms with E-state index in [1.165, 1.54) is 0 Å². The summed E-state index contributed by atoms with van der Waals surface area (Å²) in [5.74, 6) is -0.131. The number of carbonyl (C=O) groups is 2. The third-order valence-electron chi connectivity index (χ3n) is 4.24. The van der Waals surface area contributed by atoms with Gasteiger partial charge < -0.3 is 14.4 Å². The fourth-order valence-corrected chi connectivity index (χ4v) is 3.10. The summed E-state index contributed by atoms with van der Waals surface area (Å²) < 4.78 is 10.7. The second-order valence-corrected chi connectivity index (χ2v) is 7.38. The first-order chi connectivity index (χ1) is 10.2. The van der Waals surface area contributed by atoms with Gasteiger partial charge in [-0.15, -0.1) is 0 Å². The Kier molecular flexibility index (Phi) is 5.00. The van der Waals surface area contributed by atoms with Crippen molar-refractivity contribution in [3.8, 4) is 0 Å². The molecular formula is C16H28N2O4. The van der Waals surface area contributed by atoms with Crippen LogP contribution in [0.25, 0.3) is 0 Å². The minimum Gasteiger partial charge on any atom is -0.461 e. The Bertz CT molecular complexity index is 432. The summed E-state index contributed by atoms with van der Waals surface area (Å²) in [5, 5.41) is 0. The van der Waals surface area contributed by atoms with Crippen molar-refractivity contribution in [1.29, 1.82) is 0 Å². The Balaban J connectivity index is 1.95. The highest BCUT2D eigenvalue weighted by atomic mass is 16.6. The zero-order valence-corrected chi connectivity index (χ0v) is 14.3. The van der Waals surface area contributed by atoms with Gasteiger partial charge in [-0.1, -0.05) is 0 Å². The number of esters is 1. The Morgan fingerprint density at radius 3 is 2.64 bits per heavy atom. The van der Waals surface area contributed by atoms with Crippen molar-refractivity contribution in [1.82, 2.24) is 9.80 Å². The molecule has 6 nitrogen and oxygen atoms in total. The largest absolute Gasteiger partial charge is 0.461 e. The lowest BCUT2D eigenvalue weighted by Gasteiger charge is -2.39. The number of cyclic esters (lactones) is 1. The summed E-state index contributed by atoms with van der Waals surface area (Å²) in [7, 11) is 1.78. The van der Waals surface area contributed by atoms with Gasteiger partial charge in [-0.25, -0.2) is 4.79 Å². The highest BCUT2D eigenvalue weighted by Gasteiger charge is 2.39. The molecule has 0 aromatic heterocycles. The van der Waals surface area contributed by atoms with Crippen LogP contribution in [0.4, 0.5) is 4.79 Å². The molecule has 6 heteroatoms. The molecule has 1 amide bonds. The first-order valence-corrected chi connectivity index (χ1v) is 8.08. The molecule has 0 unspecified atom stereocenters. The number of nitrogens with zero attached hydrogens (tertiary/aromatic N) is 2. The van der Waals surface area contributed by atoms with Crippen LogP contribution >= 0.6 is 0 Å². The third kappa shape index (κ3) is 4.12. The molecule has 22 heavy (non-hydrogen) atoms. The molecule has 0 aliphatic carbocycles. The number of piperidine rings is 1. The van der Waals surface area contributed by atoms with Gasteiger partial charge in [0, 0.05) is 26.1 Å². The number of likely N-dealkylation sites (tertiary alicyclic amines) is 1. The molecule has 3 atom stereocenters. The summed E-state index contributed by atoms with van der Waals surface area (Å²) in [6.45, 7) is 9.09.